The van der Waals surface area contributed by atoms with E-state index in [9.17, 15) is 4.79 Å². The van der Waals surface area contributed by atoms with Gasteiger partial charge >= 0.3 is 0 Å². The van der Waals surface area contributed by atoms with Crippen LogP contribution in [0.1, 0.15) is 37.5 Å². The van der Waals surface area contributed by atoms with Crippen LogP contribution < -0.4 is 10.6 Å². The summed E-state index contributed by atoms with van der Waals surface area (Å²) < 4.78 is 5.76. The molecule has 0 aliphatic rings. The molecule has 0 spiro atoms. The Labute approximate surface area is 186 Å². The van der Waals surface area contributed by atoms with Gasteiger partial charge in [-0.25, -0.2) is 0 Å². The Morgan fingerprint density at radius 2 is 1.87 bits per heavy atom. The van der Waals surface area contributed by atoms with Crippen LogP contribution in [0.3, 0.4) is 0 Å². The molecule has 1 aromatic heterocycles. The third-order valence-electron chi connectivity index (χ3n) is 4.74. The van der Waals surface area contributed by atoms with Crippen LogP contribution in [0.2, 0.25) is 5.02 Å². The van der Waals surface area contributed by atoms with Crippen molar-refractivity contribution in [3.8, 4) is 11.3 Å². The van der Waals surface area contributed by atoms with Crippen molar-refractivity contribution in [1.82, 2.24) is 5.32 Å². The number of amides is 1. The number of furan rings is 1. The van der Waals surface area contributed by atoms with Crippen LogP contribution in [-0.2, 0) is 4.79 Å². The van der Waals surface area contributed by atoms with E-state index >= 15 is 0 Å². The first-order valence-electron chi connectivity index (χ1n) is 9.71. The van der Waals surface area contributed by atoms with Crippen LogP contribution in [0.5, 0.6) is 0 Å². The fourth-order valence-corrected chi connectivity index (χ4v) is 3.27. The first-order valence-corrected chi connectivity index (χ1v) is 10.5. The van der Waals surface area contributed by atoms with Gasteiger partial charge in [-0.05, 0) is 78.7 Å². The zero-order valence-electron chi connectivity index (χ0n) is 16.8. The van der Waals surface area contributed by atoms with E-state index in [2.05, 4.69) is 30.5 Å². The van der Waals surface area contributed by atoms with Gasteiger partial charge in [0.2, 0.25) is 5.91 Å². The molecule has 1 unspecified atom stereocenters. The number of para-hydroxylation sites is 1. The maximum atomic E-state index is 12.2. The summed E-state index contributed by atoms with van der Waals surface area (Å²) in [6.45, 7) is 4.30. The van der Waals surface area contributed by atoms with Crippen LogP contribution in [0.25, 0.3) is 17.4 Å². The van der Waals surface area contributed by atoms with E-state index in [1.807, 2.05) is 36.4 Å². The average Bonchev–Trinajstić information content (AvgIpc) is 3.21. The second kappa shape index (κ2) is 10.2. The third-order valence-corrected chi connectivity index (χ3v) is 5.20. The standard InChI is InChI=1S/C24H23ClN2O2S/c1-3-16(2)20-6-4-5-7-21(20)26-24(30)27-23(28)15-13-19-12-14-22(29-19)17-8-10-18(25)11-9-17/h4-16H,3H2,1-2H3,(H2,26,27,28,30). The first kappa shape index (κ1) is 21.8. The largest absolute Gasteiger partial charge is 0.457 e. The first-order chi connectivity index (χ1) is 14.5. The Hall–Kier alpha value is -2.89. The van der Waals surface area contributed by atoms with Crippen molar-refractivity contribution in [2.75, 3.05) is 5.32 Å². The lowest BCUT2D eigenvalue weighted by molar-refractivity contribution is -0.115. The van der Waals surface area contributed by atoms with Gasteiger partial charge in [0.25, 0.3) is 0 Å². The molecule has 6 heteroatoms. The SMILES string of the molecule is CCC(C)c1ccccc1NC(=S)NC(=O)C=Cc1ccc(-c2ccc(Cl)cc2)o1. The van der Waals surface area contributed by atoms with Crippen LogP contribution in [0, 0.1) is 0 Å². The number of thiocarbonyl (C=S) groups is 1. The number of rotatable bonds is 6. The number of nitrogens with one attached hydrogen (secondary N) is 2. The summed E-state index contributed by atoms with van der Waals surface area (Å²) in [6, 6.07) is 19.0. The van der Waals surface area contributed by atoms with Crippen molar-refractivity contribution < 1.29 is 9.21 Å². The number of carbonyl (C=O) groups excluding carboxylic acids is 1. The molecule has 1 atom stereocenters. The lowest BCUT2D eigenvalue weighted by atomic mass is 9.97. The normalized spacial score (nSPS) is 12.0. The molecular weight excluding hydrogens is 416 g/mol. The number of benzene rings is 2. The highest BCUT2D eigenvalue weighted by molar-refractivity contribution is 7.80. The second-order valence-electron chi connectivity index (χ2n) is 6.88. The van der Waals surface area contributed by atoms with E-state index in [1.165, 1.54) is 6.08 Å². The number of hydrogen-bond donors (Lipinski definition) is 2. The Morgan fingerprint density at radius 3 is 2.60 bits per heavy atom. The van der Waals surface area contributed by atoms with E-state index < -0.39 is 0 Å². The van der Waals surface area contributed by atoms with Gasteiger partial charge in [-0.2, -0.15) is 0 Å². The van der Waals surface area contributed by atoms with Crippen molar-refractivity contribution in [3.05, 3.63) is 83.1 Å². The van der Waals surface area contributed by atoms with Crippen LogP contribution in [0.15, 0.2) is 71.2 Å². The molecule has 0 fully saturated rings. The third kappa shape index (κ3) is 5.81. The molecule has 2 N–H and O–H groups in total. The quantitative estimate of drug-likeness (QED) is 0.334. The topological polar surface area (TPSA) is 54.3 Å². The Morgan fingerprint density at radius 1 is 1.13 bits per heavy atom. The smallest absolute Gasteiger partial charge is 0.250 e. The summed E-state index contributed by atoms with van der Waals surface area (Å²) in [4.78, 5) is 12.2. The van der Waals surface area contributed by atoms with E-state index in [-0.39, 0.29) is 11.0 Å². The number of carbonyl (C=O) groups is 1. The number of hydrogen-bond acceptors (Lipinski definition) is 3. The summed E-state index contributed by atoms with van der Waals surface area (Å²) in [5, 5.41) is 6.70. The van der Waals surface area contributed by atoms with Crippen molar-refractivity contribution >= 4 is 46.6 Å². The van der Waals surface area contributed by atoms with Crippen LogP contribution in [-0.4, -0.2) is 11.0 Å². The fourth-order valence-electron chi connectivity index (χ4n) is 2.94. The van der Waals surface area contributed by atoms with Gasteiger partial charge < -0.3 is 9.73 Å². The van der Waals surface area contributed by atoms with Gasteiger partial charge in [0.05, 0.1) is 0 Å². The molecule has 0 saturated carbocycles. The number of anilines is 1. The summed E-state index contributed by atoms with van der Waals surface area (Å²) in [7, 11) is 0. The molecule has 30 heavy (non-hydrogen) atoms. The van der Waals surface area contributed by atoms with Gasteiger partial charge in [-0.1, -0.05) is 43.6 Å². The summed E-state index contributed by atoms with van der Waals surface area (Å²) in [5.74, 6) is 1.32. The molecule has 1 heterocycles. The predicted octanol–water partition coefficient (Wildman–Crippen LogP) is 6.64. The van der Waals surface area contributed by atoms with Gasteiger partial charge in [0, 0.05) is 22.3 Å². The van der Waals surface area contributed by atoms with Crippen LogP contribution >= 0.6 is 23.8 Å². The Balaban J connectivity index is 1.59. The van der Waals surface area contributed by atoms with Crippen molar-refractivity contribution in [1.29, 1.82) is 0 Å². The molecule has 154 valence electrons. The zero-order valence-corrected chi connectivity index (χ0v) is 18.4. The molecule has 1 amide bonds. The van der Waals surface area contributed by atoms with Gasteiger partial charge in [-0.3, -0.25) is 10.1 Å². The molecule has 2 aromatic carbocycles. The molecule has 0 aliphatic heterocycles. The van der Waals surface area contributed by atoms with E-state index in [4.69, 9.17) is 28.2 Å². The lowest BCUT2D eigenvalue weighted by Crippen LogP contribution is -2.33. The Bertz CT molecular complexity index is 1060. The summed E-state index contributed by atoms with van der Waals surface area (Å²) >= 11 is 11.2. The highest BCUT2D eigenvalue weighted by atomic mass is 35.5. The minimum Gasteiger partial charge on any atom is -0.457 e. The predicted molar refractivity (Wildman–Crippen MR) is 128 cm³/mol. The molecule has 0 bridgehead atoms. The second-order valence-corrected chi connectivity index (χ2v) is 7.73. The van der Waals surface area contributed by atoms with Gasteiger partial charge in [-0.15, -0.1) is 0 Å². The molecule has 3 aromatic rings. The van der Waals surface area contributed by atoms with E-state index in [0.29, 0.717) is 22.5 Å². The van der Waals surface area contributed by atoms with E-state index in [1.54, 1.807) is 24.3 Å². The molecule has 0 aliphatic carbocycles. The van der Waals surface area contributed by atoms with Crippen molar-refractivity contribution in [3.63, 3.8) is 0 Å². The fraction of sp³-hybridized carbons (Fsp3) is 0.167. The van der Waals surface area contributed by atoms with Crippen LogP contribution in [0.4, 0.5) is 5.69 Å². The molecule has 0 saturated heterocycles. The molecular formula is C24H23ClN2O2S. The van der Waals surface area contributed by atoms with E-state index in [0.717, 1.165) is 23.2 Å². The Kier molecular flexibility index (Phi) is 7.44. The lowest BCUT2D eigenvalue weighted by Gasteiger charge is -2.16. The summed E-state index contributed by atoms with van der Waals surface area (Å²) in [5.41, 5.74) is 2.98. The minimum atomic E-state index is -0.335. The molecule has 3 rings (SSSR count). The van der Waals surface area contributed by atoms with Crippen molar-refractivity contribution in [2.45, 2.75) is 26.2 Å². The van der Waals surface area contributed by atoms with Crippen molar-refractivity contribution in [2.24, 2.45) is 0 Å². The average molecular weight is 439 g/mol. The maximum absolute atomic E-state index is 12.2. The summed E-state index contributed by atoms with van der Waals surface area (Å²) in [6.07, 6.45) is 4.01. The maximum Gasteiger partial charge on any atom is 0.250 e. The van der Waals surface area contributed by atoms with Gasteiger partial charge in [0.1, 0.15) is 11.5 Å². The molecule has 0 radical (unpaired) electrons. The minimum absolute atomic E-state index is 0.252. The number of halogens is 1. The molecule has 4 nitrogen and oxygen atoms in total. The highest BCUT2D eigenvalue weighted by Crippen LogP contribution is 2.26. The highest BCUT2D eigenvalue weighted by Gasteiger charge is 2.10. The van der Waals surface area contributed by atoms with Gasteiger partial charge in [0.15, 0.2) is 5.11 Å². The monoisotopic (exact) mass is 438 g/mol. The zero-order chi connectivity index (χ0) is 21.5.